The van der Waals surface area contributed by atoms with Crippen LogP contribution in [0.2, 0.25) is 0 Å². The molecule has 0 aliphatic rings. The number of nitrogens with two attached hydrogens (primary N) is 1. The zero-order valence-corrected chi connectivity index (χ0v) is 12.7. The summed E-state index contributed by atoms with van der Waals surface area (Å²) < 4.78 is 5.63. The Bertz CT molecular complexity index is 618. The number of ether oxygens (including phenoxy) is 1. The predicted octanol–water partition coefficient (Wildman–Crippen LogP) is 3.53. The number of ketones is 1. The van der Waals surface area contributed by atoms with E-state index in [1.807, 2.05) is 56.3 Å². The van der Waals surface area contributed by atoms with Gasteiger partial charge in [-0.3, -0.25) is 4.79 Å². The lowest BCUT2D eigenvalue weighted by molar-refractivity contribution is 0.0899. The van der Waals surface area contributed by atoms with Crippen LogP contribution in [-0.4, -0.2) is 11.9 Å². The maximum Gasteiger partial charge on any atom is 0.187 e. The molecule has 0 bridgehead atoms. The minimum absolute atomic E-state index is 0.0636. The Labute approximate surface area is 125 Å². The molecule has 1 atom stereocenters. The zero-order valence-electron chi connectivity index (χ0n) is 12.7. The van der Waals surface area contributed by atoms with Crippen LogP contribution >= 0.6 is 0 Å². The van der Waals surface area contributed by atoms with Crippen molar-refractivity contribution in [3.63, 3.8) is 0 Å². The molecular formula is C18H21NO2. The van der Waals surface area contributed by atoms with Gasteiger partial charge in [-0.15, -0.1) is 0 Å². The molecule has 0 radical (unpaired) electrons. The van der Waals surface area contributed by atoms with Gasteiger partial charge in [-0.25, -0.2) is 0 Å². The highest BCUT2D eigenvalue weighted by molar-refractivity contribution is 6.03. The van der Waals surface area contributed by atoms with Crippen molar-refractivity contribution in [3.05, 3.63) is 65.7 Å². The summed E-state index contributed by atoms with van der Waals surface area (Å²) in [5, 5.41) is 0. The van der Waals surface area contributed by atoms with Crippen molar-refractivity contribution in [2.45, 2.75) is 32.4 Å². The standard InChI is InChI=1S/C18H21NO2/c1-13(2)21-16-11-7-8-14(12-16)17(20)18(3,19)15-9-5-4-6-10-15/h4-13H,19H2,1-3H3. The predicted molar refractivity (Wildman–Crippen MR) is 84.5 cm³/mol. The first-order valence-corrected chi connectivity index (χ1v) is 7.07. The van der Waals surface area contributed by atoms with E-state index in [1.54, 1.807) is 19.1 Å². The van der Waals surface area contributed by atoms with Gasteiger partial charge in [-0.05, 0) is 38.5 Å². The first kappa shape index (κ1) is 15.3. The van der Waals surface area contributed by atoms with Crippen LogP contribution < -0.4 is 10.5 Å². The van der Waals surface area contributed by atoms with Crippen LogP contribution in [0.3, 0.4) is 0 Å². The molecule has 0 aliphatic carbocycles. The molecular weight excluding hydrogens is 262 g/mol. The van der Waals surface area contributed by atoms with Gasteiger partial charge >= 0.3 is 0 Å². The van der Waals surface area contributed by atoms with Gasteiger partial charge in [-0.2, -0.15) is 0 Å². The van der Waals surface area contributed by atoms with Crippen LogP contribution in [0.15, 0.2) is 54.6 Å². The van der Waals surface area contributed by atoms with E-state index >= 15 is 0 Å². The van der Waals surface area contributed by atoms with E-state index in [-0.39, 0.29) is 11.9 Å². The average Bonchev–Trinajstić information content (AvgIpc) is 2.47. The normalized spacial score (nSPS) is 13.8. The third kappa shape index (κ3) is 3.50. The van der Waals surface area contributed by atoms with Gasteiger partial charge in [0.25, 0.3) is 0 Å². The smallest absolute Gasteiger partial charge is 0.187 e. The molecule has 3 heteroatoms. The maximum atomic E-state index is 12.7. The monoisotopic (exact) mass is 283 g/mol. The van der Waals surface area contributed by atoms with Crippen molar-refractivity contribution in [2.24, 2.45) is 5.73 Å². The summed E-state index contributed by atoms with van der Waals surface area (Å²) in [6.45, 7) is 5.64. The lowest BCUT2D eigenvalue weighted by Gasteiger charge is -2.24. The summed E-state index contributed by atoms with van der Waals surface area (Å²) in [5.41, 5.74) is 6.57. The molecule has 0 saturated heterocycles. The van der Waals surface area contributed by atoms with Gasteiger partial charge in [0.1, 0.15) is 11.3 Å². The van der Waals surface area contributed by atoms with Gasteiger partial charge in [0.05, 0.1) is 6.10 Å². The Morgan fingerprint density at radius 1 is 1.10 bits per heavy atom. The lowest BCUT2D eigenvalue weighted by Crippen LogP contribution is -2.41. The minimum atomic E-state index is -1.06. The fourth-order valence-corrected chi connectivity index (χ4v) is 2.20. The van der Waals surface area contributed by atoms with Gasteiger partial charge in [-0.1, -0.05) is 42.5 Å². The van der Waals surface area contributed by atoms with Crippen LogP contribution in [0.1, 0.15) is 36.7 Å². The summed E-state index contributed by atoms with van der Waals surface area (Å²) >= 11 is 0. The maximum absolute atomic E-state index is 12.7. The SMILES string of the molecule is CC(C)Oc1cccc(C(=O)C(C)(N)c2ccccc2)c1. The van der Waals surface area contributed by atoms with Crippen LogP contribution in [0, 0.1) is 0 Å². The Morgan fingerprint density at radius 2 is 1.76 bits per heavy atom. The molecule has 21 heavy (non-hydrogen) atoms. The van der Waals surface area contributed by atoms with Crippen molar-refractivity contribution in [2.75, 3.05) is 0 Å². The second-order valence-corrected chi connectivity index (χ2v) is 5.59. The van der Waals surface area contributed by atoms with Crippen molar-refractivity contribution in [1.82, 2.24) is 0 Å². The van der Waals surface area contributed by atoms with E-state index in [0.29, 0.717) is 11.3 Å². The molecule has 0 aliphatic heterocycles. The number of carbonyl (C=O) groups excluding carboxylic acids is 1. The summed E-state index contributed by atoms with van der Waals surface area (Å²) in [4.78, 5) is 12.7. The molecule has 0 aromatic heterocycles. The van der Waals surface area contributed by atoms with E-state index in [2.05, 4.69) is 0 Å². The topological polar surface area (TPSA) is 52.3 Å². The lowest BCUT2D eigenvalue weighted by atomic mass is 9.85. The highest BCUT2D eigenvalue weighted by atomic mass is 16.5. The first-order chi connectivity index (χ1) is 9.91. The van der Waals surface area contributed by atoms with Gasteiger partial charge in [0.15, 0.2) is 5.78 Å². The second-order valence-electron chi connectivity index (χ2n) is 5.59. The molecule has 110 valence electrons. The number of hydrogen-bond acceptors (Lipinski definition) is 3. The number of carbonyl (C=O) groups is 1. The van der Waals surface area contributed by atoms with E-state index < -0.39 is 5.54 Å². The molecule has 2 N–H and O–H groups in total. The van der Waals surface area contributed by atoms with Crippen LogP contribution in [0.5, 0.6) is 5.75 Å². The van der Waals surface area contributed by atoms with Crippen LogP contribution in [-0.2, 0) is 5.54 Å². The second kappa shape index (κ2) is 6.10. The Hall–Kier alpha value is -2.13. The van der Waals surface area contributed by atoms with E-state index in [9.17, 15) is 4.79 Å². The third-order valence-electron chi connectivity index (χ3n) is 3.31. The quantitative estimate of drug-likeness (QED) is 0.854. The van der Waals surface area contributed by atoms with Crippen molar-refractivity contribution in [1.29, 1.82) is 0 Å². The molecule has 0 fully saturated rings. The number of Topliss-reactive ketones (excluding diaryl/α,β-unsaturated/α-hetero) is 1. The molecule has 3 nitrogen and oxygen atoms in total. The van der Waals surface area contributed by atoms with Crippen molar-refractivity contribution >= 4 is 5.78 Å². The Kier molecular flexibility index (Phi) is 4.43. The van der Waals surface area contributed by atoms with Gasteiger partial charge in [0.2, 0.25) is 0 Å². The third-order valence-corrected chi connectivity index (χ3v) is 3.31. The summed E-state index contributed by atoms with van der Waals surface area (Å²) in [6, 6.07) is 16.6. The molecule has 0 spiro atoms. The number of rotatable bonds is 5. The fraction of sp³-hybridized carbons (Fsp3) is 0.278. The summed E-state index contributed by atoms with van der Waals surface area (Å²) in [6.07, 6.45) is 0.0636. The minimum Gasteiger partial charge on any atom is -0.491 e. The van der Waals surface area contributed by atoms with E-state index in [4.69, 9.17) is 10.5 Å². The average molecular weight is 283 g/mol. The van der Waals surface area contributed by atoms with E-state index in [1.165, 1.54) is 0 Å². The highest BCUT2D eigenvalue weighted by Crippen LogP contribution is 2.25. The Morgan fingerprint density at radius 3 is 2.38 bits per heavy atom. The molecule has 0 saturated carbocycles. The zero-order chi connectivity index (χ0) is 15.5. The van der Waals surface area contributed by atoms with Gasteiger partial charge in [0, 0.05) is 5.56 Å². The van der Waals surface area contributed by atoms with Crippen molar-refractivity contribution in [3.8, 4) is 5.75 Å². The largest absolute Gasteiger partial charge is 0.491 e. The summed E-state index contributed by atoms with van der Waals surface area (Å²) in [5.74, 6) is 0.558. The van der Waals surface area contributed by atoms with Crippen molar-refractivity contribution < 1.29 is 9.53 Å². The molecule has 0 heterocycles. The number of benzene rings is 2. The van der Waals surface area contributed by atoms with Crippen LogP contribution in [0.25, 0.3) is 0 Å². The highest BCUT2D eigenvalue weighted by Gasteiger charge is 2.31. The van der Waals surface area contributed by atoms with E-state index in [0.717, 1.165) is 5.56 Å². The van der Waals surface area contributed by atoms with Crippen LogP contribution in [0.4, 0.5) is 0 Å². The fourth-order valence-electron chi connectivity index (χ4n) is 2.20. The Balaban J connectivity index is 2.31. The molecule has 0 amide bonds. The number of hydrogen-bond donors (Lipinski definition) is 1. The summed E-state index contributed by atoms with van der Waals surface area (Å²) in [7, 11) is 0. The molecule has 2 aromatic rings. The molecule has 2 rings (SSSR count). The first-order valence-electron chi connectivity index (χ1n) is 7.07. The van der Waals surface area contributed by atoms with Gasteiger partial charge < -0.3 is 10.5 Å². The molecule has 2 aromatic carbocycles. The molecule has 1 unspecified atom stereocenters.